The Morgan fingerprint density at radius 2 is 2.06 bits per heavy atom. The molecular weight excluding hydrogens is 202 g/mol. The van der Waals surface area contributed by atoms with E-state index in [0.717, 1.165) is 18.0 Å². The molecule has 0 atom stereocenters. The fraction of sp³-hybridized carbons (Fsp3) is 0.538. The first kappa shape index (κ1) is 12.8. The second-order valence-electron chi connectivity index (χ2n) is 4.69. The van der Waals surface area contributed by atoms with Crippen LogP contribution in [0.25, 0.3) is 0 Å². The van der Waals surface area contributed by atoms with Crippen LogP contribution in [0.5, 0.6) is 5.75 Å². The van der Waals surface area contributed by atoms with Gasteiger partial charge >= 0.3 is 0 Å². The molecule has 0 radical (unpaired) electrons. The largest absolute Gasteiger partial charge is 0.495 e. The molecule has 3 heteroatoms. The summed E-state index contributed by atoms with van der Waals surface area (Å²) in [6.07, 6.45) is 0.699. The van der Waals surface area contributed by atoms with Crippen LogP contribution in [-0.4, -0.2) is 24.4 Å². The van der Waals surface area contributed by atoms with E-state index < -0.39 is 5.60 Å². The molecule has 0 amide bonds. The van der Waals surface area contributed by atoms with E-state index in [2.05, 4.69) is 5.32 Å². The lowest BCUT2D eigenvalue weighted by Crippen LogP contribution is -2.22. The van der Waals surface area contributed by atoms with Gasteiger partial charge in [0.15, 0.2) is 0 Å². The van der Waals surface area contributed by atoms with Crippen molar-refractivity contribution in [3.05, 3.63) is 23.8 Å². The maximum atomic E-state index is 9.61. The summed E-state index contributed by atoms with van der Waals surface area (Å²) in [7, 11) is 1.66. The van der Waals surface area contributed by atoms with E-state index in [1.54, 1.807) is 7.11 Å². The maximum absolute atomic E-state index is 9.61. The minimum atomic E-state index is -0.635. The molecule has 3 nitrogen and oxygen atoms in total. The fourth-order valence-corrected chi connectivity index (χ4v) is 1.46. The molecule has 0 aliphatic rings. The van der Waals surface area contributed by atoms with Gasteiger partial charge in [0.1, 0.15) is 5.75 Å². The summed E-state index contributed by atoms with van der Waals surface area (Å²) in [4.78, 5) is 0. The molecule has 0 spiro atoms. The molecule has 0 bridgehead atoms. The Morgan fingerprint density at radius 3 is 2.62 bits per heavy atom. The Balaban J connectivity index is 2.62. The van der Waals surface area contributed by atoms with Crippen LogP contribution in [0.3, 0.4) is 0 Å². The molecule has 0 saturated heterocycles. The Hall–Kier alpha value is -1.22. The number of ether oxygens (including phenoxy) is 1. The third-order valence-electron chi connectivity index (χ3n) is 2.41. The quantitative estimate of drug-likeness (QED) is 0.806. The van der Waals surface area contributed by atoms with Gasteiger partial charge in [-0.25, -0.2) is 0 Å². The van der Waals surface area contributed by atoms with Crippen LogP contribution >= 0.6 is 0 Å². The van der Waals surface area contributed by atoms with E-state index >= 15 is 0 Å². The Bertz CT molecular complexity index is 342. The first-order chi connectivity index (χ1) is 7.42. The van der Waals surface area contributed by atoms with Crippen molar-refractivity contribution in [1.82, 2.24) is 0 Å². The number of benzene rings is 1. The third kappa shape index (κ3) is 4.11. The minimum absolute atomic E-state index is 0.635. The van der Waals surface area contributed by atoms with Gasteiger partial charge in [-0.1, -0.05) is 6.07 Å². The molecular formula is C13H21NO2. The van der Waals surface area contributed by atoms with Crippen LogP contribution in [0, 0.1) is 6.92 Å². The van der Waals surface area contributed by atoms with Gasteiger partial charge in [-0.2, -0.15) is 0 Å². The highest BCUT2D eigenvalue weighted by Gasteiger charge is 2.12. The van der Waals surface area contributed by atoms with Gasteiger partial charge in [-0.3, -0.25) is 0 Å². The molecule has 1 aromatic carbocycles. The summed E-state index contributed by atoms with van der Waals surface area (Å²) < 4.78 is 5.26. The minimum Gasteiger partial charge on any atom is -0.495 e. The van der Waals surface area contributed by atoms with E-state index in [-0.39, 0.29) is 0 Å². The second-order valence-corrected chi connectivity index (χ2v) is 4.69. The number of methoxy groups -OCH3 is 1. The average Bonchev–Trinajstić information content (AvgIpc) is 2.16. The highest BCUT2D eigenvalue weighted by atomic mass is 16.5. The van der Waals surface area contributed by atoms with Crippen molar-refractivity contribution in [3.63, 3.8) is 0 Å². The Morgan fingerprint density at radius 1 is 1.38 bits per heavy atom. The van der Waals surface area contributed by atoms with E-state index in [4.69, 9.17) is 4.74 Å². The number of rotatable bonds is 5. The van der Waals surface area contributed by atoms with Crippen LogP contribution in [0.2, 0.25) is 0 Å². The smallest absolute Gasteiger partial charge is 0.141 e. The molecule has 0 aromatic heterocycles. The highest BCUT2D eigenvalue weighted by molar-refractivity contribution is 5.57. The van der Waals surface area contributed by atoms with Crippen molar-refractivity contribution < 1.29 is 9.84 Å². The van der Waals surface area contributed by atoms with Gasteiger partial charge in [0.2, 0.25) is 0 Å². The molecule has 0 aliphatic carbocycles. The molecule has 0 heterocycles. The number of anilines is 1. The number of aryl methyl sites for hydroxylation is 1. The number of hydrogen-bond donors (Lipinski definition) is 2. The van der Waals surface area contributed by atoms with Crippen molar-refractivity contribution in [2.24, 2.45) is 0 Å². The van der Waals surface area contributed by atoms with Crippen LogP contribution in [0.4, 0.5) is 5.69 Å². The predicted molar refractivity (Wildman–Crippen MR) is 67.1 cm³/mol. The molecule has 1 rings (SSSR count). The van der Waals surface area contributed by atoms with Gasteiger partial charge < -0.3 is 15.2 Å². The predicted octanol–water partition coefficient (Wildman–Crippen LogP) is 2.58. The van der Waals surface area contributed by atoms with Gasteiger partial charge in [0.05, 0.1) is 18.4 Å². The molecule has 1 aromatic rings. The molecule has 2 N–H and O–H groups in total. The summed E-state index contributed by atoms with van der Waals surface area (Å²) in [6.45, 7) is 6.38. The van der Waals surface area contributed by atoms with Crippen molar-refractivity contribution in [2.75, 3.05) is 19.0 Å². The first-order valence-corrected chi connectivity index (χ1v) is 5.53. The van der Waals surface area contributed by atoms with E-state index in [0.29, 0.717) is 6.42 Å². The van der Waals surface area contributed by atoms with Crippen LogP contribution in [-0.2, 0) is 0 Å². The Kier molecular flexibility index (Phi) is 4.19. The molecule has 0 fully saturated rings. The number of aliphatic hydroxyl groups is 1. The summed E-state index contributed by atoms with van der Waals surface area (Å²) >= 11 is 0. The summed E-state index contributed by atoms with van der Waals surface area (Å²) in [5, 5.41) is 12.9. The van der Waals surface area contributed by atoms with E-state index in [1.807, 2.05) is 39.0 Å². The lowest BCUT2D eigenvalue weighted by molar-refractivity contribution is 0.0748. The van der Waals surface area contributed by atoms with E-state index in [9.17, 15) is 5.11 Å². The third-order valence-corrected chi connectivity index (χ3v) is 2.41. The van der Waals surface area contributed by atoms with Crippen molar-refractivity contribution in [3.8, 4) is 5.75 Å². The first-order valence-electron chi connectivity index (χ1n) is 5.53. The topological polar surface area (TPSA) is 41.5 Å². The number of hydrogen-bond acceptors (Lipinski definition) is 3. The van der Waals surface area contributed by atoms with Gasteiger partial charge in [-0.05, 0) is 44.9 Å². The monoisotopic (exact) mass is 223 g/mol. The van der Waals surface area contributed by atoms with Crippen molar-refractivity contribution in [1.29, 1.82) is 0 Å². The zero-order valence-corrected chi connectivity index (χ0v) is 10.5. The summed E-state index contributed by atoms with van der Waals surface area (Å²) in [5.74, 6) is 0.835. The standard InChI is InChI=1S/C13H21NO2/c1-10-5-6-12(16-4)11(9-10)14-8-7-13(2,3)15/h5-6,9,14-15H,7-8H2,1-4H3. The van der Waals surface area contributed by atoms with Crippen molar-refractivity contribution >= 4 is 5.69 Å². The lowest BCUT2D eigenvalue weighted by atomic mass is 10.1. The summed E-state index contributed by atoms with van der Waals surface area (Å²) in [6, 6.07) is 6.00. The molecule has 16 heavy (non-hydrogen) atoms. The molecule has 0 aliphatic heterocycles. The van der Waals surface area contributed by atoms with Crippen LogP contribution in [0.15, 0.2) is 18.2 Å². The maximum Gasteiger partial charge on any atom is 0.141 e. The molecule has 0 saturated carbocycles. The van der Waals surface area contributed by atoms with Crippen molar-refractivity contribution in [2.45, 2.75) is 32.8 Å². The zero-order chi connectivity index (χ0) is 12.2. The molecule has 0 unspecified atom stereocenters. The van der Waals surface area contributed by atoms with Crippen LogP contribution in [0.1, 0.15) is 25.8 Å². The van der Waals surface area contributed by atoms with Gasteiger partial charge in [0.25, 0.3) is 0 Å². The fourth-order valence-electron chi connectivity index (χ4n) is 1.46. The SMILES string of the molecule is COc1ccc(C)cc1NCCC(C)(C)O. The number of nitrogens with one attached hydrogen (secondary N) is 1. The van der Waals surface area contributed by atoms with Gasteiger partial charge in [0, 0.05) is 6.54 Å². The van der Waals surface area contributed by atoms with Crippen LogP contribution < -0.4 is 10.1 Å². The average molecular weight is 223 g/mol. The van der Waals surface area contributed by atoms with E-state index in [1.165, 1.54) is 5.56 Å². The summed E-state index contributed by atoms with van der Waals surface area (Å²) in [5.41, 5.74) is 1.53. The van der Waals surface area contributed by atoms with Gasteiger partial charge in [-0.15, -0.1) is 0 Å². The second kappa shape index (κ2) is 5.21. The highest BCUT2D eigenvalue weighted by Crippen LogP contribution is 2.25. The zero-order valence-electron chi connectivity index (χ0n) is 10.5. The lowest BCUT2D eigenvalue weighted by Gasteiger charge is -2.18. The molecule has 90 valence electrons. The Labute approximate surface area is 97.4 Å². The normalized spacial score (nSPS) is 11.3.